The monoisotopic (exact) mass is 305 g/mol. The summed E-state index contributed by atoms with van der Waals surface area (Å²) in [5, 5.41) is 12.2. The summed E-state index contributed by atoms with van der Waals surface area (Å²) < 4.78 is 0.683. The molecular weight excluding hydrogens is 293 g/mol. The maximum absolute atomic E-state index is 11.8. The van der Waals surface area contributed by atoms with Crippen LogP contribution in [0.25, 0.3) is 0 Å². The summed E-state index contributed by atoms with van der Waals surface area (Å²) >= 11 is 9.10. The van der Waals surface area contributed by atoms with Crippen molar-refractivity contribution in [1.82, 2.24) is 5.32 Å². The first-order valence-electron chi connectivity index (χ1n) is 4.95. The Balaban J connectivity index is 2.83. The van der Waals surface area contributed by atoms with E-state index in [0.717, 1.165) is 0 Å². The van der Waals surface area contributed by atoms with Crippen LogP contribution in [-0.2, 0) is 0 Å². The summed E-state index contributed by atoms with van der Waals surface area (Å²) in [6, 6.07) is 4.78. The van der Waals surface area contributed by atoms with E-state index in [4.69, 9.17) is 16.7 Å². The summed E-state index contributed by atoms with van der Waals surface area (Å²) in [6.45, 7) is 1.83. The number of carbonyl (C=O) groups is 1. The van der Waals surface area contributed by atoms with Crippen molar-refractivity contribution in [1.29, 1.82) is 0 Å². The number of halogens is 2. The molecule has 0 saturated carbocycles. The standard InChI is InChI=1S/C11H13BrClNO2/c1-2-8(6-15)14-11(16)9-5-7(13)3-4-10(9)12/h3-5,8,15H,2,6H2,1H3,(H,14,16)/t8-/m0/s1. The first kappa shape index (κ1) is 13.5. The number of aliphatic hydroxyl groups is 1. The largest absolute Gasteiger partial charge is 0.394 e. The normalized spacial score (nSPS) is 12.2. The van der Waals surface area contributed by atoms with Crippen LogP contribution in [0.4, 0.5) is 0 Å². The van der Waals surface area contributed by atoms with Gasteiger partial charge in [-0.05, 0) is 40.5 Å². The Kier molecular flexibility index (Phi) is 5.25. The van der Waals surface area contributed by atoms with Gasteiger partial charge in [-0.2, -0.15) is 0 Å². The molecule has 2 N–H and O–H groups in total. The molecule has 88 valence electrons. The molecule has 1 amide bonds. The van der Waals surface area contributed by atoms with Gasteiger partial charge < -0.3 is 10.4 Å². The SMILES string of the molecule is CC[C@@H](CO)NC(=O)c1cc(Cl)ccc1Br. The van der Waals surface area contributed by atoms with E-state index in [9.17, 15) is 4.79 Å². The van der Waals surface area contributed by atoms with E-state index >= 15 is 0 Å². The van der Waals surface area contributed by atoms with Crippen LogP contribution < -0.4 is 5.32 Å². The van der Waals surface area contributed by atoms with Crippen molar-refractivity contribution in [3.05, 3.63) is 33.3 Å². The molecule has 1 aromatic carbocycles. The Hall–Kier alpha value is -0.580. The van der Waals surface area contributed by atoms with E-state index in [1.165, 1.54) is 0 Å². The quantitative estimate of drug-likeness (QED) is 0.898. The maximum Gasteiger partial charge on any atom is 0.252 e. The Labute approximate surface area is 108 Å². The molecule has 0 unspecified atom stereocenters. The van der Waals surface area contributed by atoms with Crippen LogP contribution in [-0.4, -0.2) is 23.7 Å². The molecule has 0 spiro atoms. The summed E-state index contributed by atoms with van der Waals surface area (Å²) in [6.07, 6.45) is 0.681. The number of carbonyl (C=O) groups excluding carboxylic acids is 1. The molecule has 0 fully saturated rings. The number of aliphatic hydroxyl groups excluding tert-OH is 1. The van der Waals surface area contributed by atoms with Gasteiger partial charge in [-0.25, -0.2) is 0 Å². The van der Waals surface area contributed by atoms with Gasteiger partial charge in [0.1, 0.15) is 0 Å². The minimum absolute atomic E-state index is 0.0690. The zero-order chi connectivity index (χ0) is 12.1. The molecule has 0 aliphatic carbocycles. The second-order valence-corrected chi connectivity index (χ2v) is 4.68. The van der Waals surface area contributed by atoms with E-state index in [2.05, 4.69) is 21.2 Å². The Morgan fingerprint density at radius 3 is 2.88 bits per heavy atom. The third-order valence-electron chi connectivity index (χ3n) is 2.22. The van der Waals surface area contributed by atoms with Gasteiger partial charge in [0.05, 0.1) is 18.2 Å². The smallest absolute Gasteiger partial charge is 0.252 e. The molecule has 16 heavy (non-hydrogen) atoms. The predicted molar refractivity (Wildman–Crippen MR) is 67.8 cm³/mol. The Morgan fingerprint density at radius 2 is 2.31 bits per heavy atom. The van der Waals surface area contributed by atoms with Crippen LogP contribution >= 0.6 is 27.5 Å². The summed E-state index contributed by atoms with van der Waals surface area (Å²) in [4.78, 5) is 11.8. The molecule has 0 heterocycles. The van der Waals surface area contributed by atoms with Crippen LogP contribution in [0, 0.1) is 0 Å². The van der Waals surface area contributed by atoms with Gasteiger partial charge in [-0.15, -0.1) is 0 Å². The molecule has 1 atom stereocenters. The van der Waals surface area contributed by atoms with Gasteiger partial charge in [-0.3, -0.25) is 4.79 Å². The van der Waals surface area contributed by atoms with Crippen LogP contribution in [0.5, 0.6) is 0 Å². The number of nitrogens with one attached hydrogen (secondary N) is 1. The van der Waals surface area contributed by atoms with Crippen LogP contribution in [0.3, 0.4) is 0 Å². The lowest BCUT2D eigenvalue weighted by molar-refractivity contribution is 0.0914. The van der Waals surface area contributed by atoms with Gasteiger partial charge in [0.25, 0.3) is 5.91 Å². The number of hydrogen-bond acceptors (Lipinski definition) is 2. The average molecular weight is 307 g/mol. The minimum Gasteiger partial charge on any atom is -0.394 e. The number of amides is 1. The molecule has 0 aromatic heterocycles. The Bertz CT molecular complexity index is 380. The van der Waals surface area contributed by atoms with Crippen LogP contribution in [0.15, 0.2) is 22.7 Å². The predicted octanol–water partition coefficient (Wildman–Crippen LogP) is 2.60. The highest BCUT2D eigenvalue weighted by Crippen LogP contribution is 2.21. The van der Waals surface area contributed by atoms with E-state index in [0.29, 0.717) is 21.5 Å². The van der Waals surface area contributed by atoms with Crippen molar-refractivity contribution in [3.8, 4) is 0 Å². The van der Waals surface area contributed by atoms with Crippen molar-refractivity contribution >= 4 is 33.4 Å². The first-order valence-corrected chi connectivity index (χ1v) is 6.12. The van der Waals surface area contributed by atoms with E-state index in [1.54, 1.807) is 18.2 Å². The maximum atomic E-state index is 11.8. The molecule has 1 rings (SSSR count). The summed E-state index contributed by atoms with van der Waals surface area (Å²) in [7, 11) is 0. The van der Waals surface area contributed by atoms with Crippen LogP contribution in [0.2, 0.25) is 5.02 Å². The van der Waals surface area contributed by atoms with Crippen molar-refractivity contribution in [2.24, 2.45) is 0 Å². The van der Waals surface area contributed by atoms with Gasteiger partial charge in [0.2, 0.25) is 0 Å². The van der Waals surface area contributed by atoms with Gasteiger partial charge >= 0.3 is 0 Å². The van der Waals surface area contributed by atoms with Crippen molar-refractivity contribution < 1.29 is 9.90 Å². The molecule has 0 bridgehead atoms. The highest BCUT2D eigenvalue weighted by Gasteiger charge is 2.14. The van der Waals surface area contributed by atoms with Crippen molar-refractivity contribution in [2.45, 2.75) is 19.4 Å². The number of benzene rings is 1. The number of rotatable bonds is 4. The fourth-order valence-corrected chi connectivity index (χ4v) is 1.81. The Morgan fingerprint density at radius 1 is 1.62 bits per heavy atom. The fourth-order valence-electron chi connectivity index (χ4n) is 1.21. The molecule has 1 aromatic rings. The lowest BCUT2D eigenvalue weighted by atomic mass is 10.2. The molecule has 5 heteroatoms. The first-order chi connectivity index (χ1) is 7.58. The lowest BCUT2D eigenvalue weighted by Gasteiger charge is -2.14. The summed E-state index contributed by atoms with van der Waals surface area (Å²) in [5.41, 5.74) is 0.472. The van der Waals surface area contributed by atoms with Crippen molar-refractivity contribution in [3.63, 3.8) is 0 Å². The average Bonchev–Trinajstić information content (AvgIpc) is 2.28. The van der Waals surface area contributed by atoms with E-state index in [1.807, 2.05) is 6.92 Å². The van der Waals surface area contributed by atoms with Gasteiger partial charge in [0, 0.05) is 9.50 Å². The molecule has 0 aliphatic heterocycles. The highest BCUT2D eigenvalue weighted by molar-refractivity contribution is 9.10. The molecule has 3 nitrogen and oxygen atoms in total. The molecule has 0 radical (unpaired) electrons. The molecule has 0 saturated heterocycles. The third kappa shape index (κ3) is 3.47. The van der Waals surface area contributed by atoms with Gasteiger partial charge in [0.15, 0.2) is 0 Å². The molecular formula is C11H13BrClNO2. The zero-order valence-electron chi connectivity index (χ0n) is 8.84. The van der Waals surface area contributed by atoms with E-state index < -0.39 is 0 Å². The second kappa shape index (κ2) is 6.23. The molecule has 0 aliphatic rings. The highest BCUT2D eigenvalue weighted by atomic mass is 79.9. The number of hydrogen-bond donors (Lipinski definition) is 2. The fraction of sp³-hybridized carbons (Fsp3) is 0.364. The van der Waals surface area contributed by atoms with Gasteiger partial charge in [-0.1, -0.05) is 18.5 Å². The van der Waals surface area contributed by atoms with Crippen molar-refractivity contribution in [2.75, 3.05) is 6.61 Å². The minimum atomic E-state index is -0.240. The third-order valence-corrected chi connectivity index (χ3v) is 3.15. The lowest BCUT2D eigenvalue weighted by Crippen LogP contribution is -2.37. The van der Waals surface area contributed by atoms with Crippen LogP contribution in [0.1, 0.15) is 23.7 Å². The summed E-state index contributed by atoms with van der Waals surface area (Å²) in [5.74, 6) is -0.240. The topological polar surface area (TPSA) is 49.3 Å². The van der Waals surface area contributed by atoms with E-state index in [-0.39, 0.29) is 18.6 Å². The second-order valence-electron chi connectivity index (χ2n) is 3.39. The zero-order valence-corrected chi connectivity index (χ0v) is 11.2.